The first-order valence-corrected chi connectivity index (χ1v) is 5.50. The van der Waals surface area contributed by atoms with Crippen LogP contribution in [0, 0.1) is 6.92 Å². The Morgan fingerprint density at radius 1 is 1.22 bits per heavy atom. The number of amides is 1. The summed E-state index contributed by atoms with van der Waals surface area (Å²) in [5, 5.41) is 2.76. The van der Waals surface area contributed by atoms with Gasteiger partial charge in [0.2, 0.25) is 0 Å². The van der Waals surface area contributed by atoms with Crippen LogP contribution in [0.25, 0.3) is 0 Å². The molecule has 0 aliphatic rings. The highest BCUT2D eigenvalue weighted by Gasteiger charge is 2.07. The van der Waals surface area contributed by atoms with Crippen LogP contribution >= 0.6 is 0 Å². The summed E-state index contributed by atoms with van der Waals surface area (Å²) in [6.07, 6.45) is 1.64. The van der Waals surface area contributed by atoms with Crippen LogP contribution in [-0.4, -0.2) is 10.9 Å². The summed E-state index contributed by atoms with van der Waals surface area (Å²) in [5.41, 5.74) is 4.74. The fourth-order valence-corrected chi connectivity index (χ4v) is 1.51. The number of anilines is 2. The van der Waals surface area contributed by atoms with Crippen molar-refractivity contribution in [1.29, 1.82) is 0 Å². The molecule has 0 atom stereocenters. The molecule has 4 N–H and O–H groups in total. The fourth-order valence-electron chi connectivity index (χ4n) is 1.51. The number of hydrogen-bond acceptors (Lipinski definition) is 4. The molecule has 1 heterocycles. The Balaban J connectivity index is 2.14. The maximum absolute atomic E-state index is 12.0. The minimum atomic E-state index is -0.194. The molecule has 92 valence electrons. The predicted molar refractivity (Wildman–Crippen MR) is 71.2 cm³/mol. The van der Waals surface area contributed by atoms with Crippen molar-refractivity contribution >= 4 is 17.4 Å². The zero-order chi connectivity index (χ0) is 13.0. The van der Waals surface area contributed by atoms with Crippen LogP contribution in [0.5, 0.6) is 0 Å². The molecule has 0 saturated carbocycles. The van der Waals surface area contributed by atoms with Gasteiger partial charge in [0.05, 0.1) is 0 Å². The van der Waals surface area contributed by atoms with E-state index in [1.54, 1.807) is 30.5 Å². The smallest absolute Gasteiger partial charge is 0.256 e. The molecule has 0 saturated heterocycles. The van der Waals surface area contributed by atoms with Crippen molar-refractivity contribution in [2.24, 2.45) is 5.84 Å². The second kappa shape index (κ2) is 5.29. The van der Waals surface area contributed by atoms with Gasteiger partial charge in [-0.2, -0.15) is 0 Å². The third-order valence-electron chi connectivity index (χ3n) is 2.56. The second-order valence-corrected chi connectivity index (χ2v) is 3.84. The molecule has 0 unspecified atom stereocenters. The summed E-state index contributed by atoms with van der Waals surface area (Å²) in [6, 6.07) is 10.6. The lowest BCUT2D eigenvalue weighted by molar-refractivity contribution is 0.102. The molecule has 1 amide bonds. The first kappa shape index (κ1) is 12.1. The monoisotopic (exact) mass is 242 g/mol. The largest absolute Gasteiger partial charge is 0.324 e. The molecule has 0 fully saturated rings. The first-order chi connectivity index (χ1) is 8.70. The summed E-state index contributed by atoms with van der Waals surface area (Å²) in [6.45, 7) is 1.89. The number of hydrazine groups is 1. The van der Waals surface area contributed by atoms with Crippen molar-refractivity contribution < 1.29 is 4.79 Å². The van der Waals surface area contributed by atoms with E-state index in [1.807, 2.05) is 19.1 Å². The topological polar surface area (TPSA) is 80.0 Å². The standard InChI is InChI=1S/C13H14N4O/c1-9-3-2-8-15-12(9)16-13(18)10-4-6-11(17-14)7-5-10/h2-8,17H,14H2,1H3,(H,15,16,18). The Morgan fingerprint density at radius 2 is 1.94 bits per heavy atom. The zero-order valence-corrected chi connectivity index (χ0v) is 9.97. The van der Waals surface area contributed by atoms with Crippen LogP contribution in [-0.2, 0) is 0 Å². The highest BCUT2D eigenvalue weighted by Crippen LogP contribution is 2.13. The lowest BCUT2D eigenvalue weighted by atomic mass is 10.2. The van der Waals surface area contributed by atoms with Gasteiger partial charge in [0.1, 0.15) is 5.82 Å². The van der Waals surface area contributed by atoms with Crippen molar-refractivity contribution in [2.45, 2.75) is 6.92 Å². The van der Waals surface area contributed by atoms with Crippen molar-refractivity contribution in [1.82, 2.24) is 4.98 Å². The van der Waals surface area contributed by atoms with Crippen LogP contribution in [0.4, 0.5) is 11.5 Å². The number of aromatic nitrogens is 1. The number of nitrogens with two attached hydrogens (primary N) is 1. The van der Waals surface area contributed by atoms with Gasteiger partial charge >= 0.3 is 0 Å². The number of benzene rings is 1. The van der Waals surface area contributed by atoms with Crippen LogP contribution in [0.2, 0.25) is 0 Å². The average molecular weight is 242 g/mol. The number of hydrogen-bond donors (Lipinski definition) is 3. The van der Waals surface area contributed by atoms with Crippen LogP contribution in [0.3, 0.4) is 0 Å². The maximum Gasteiger partial charge on any atom is 0.256 e. The number of nitrogens with zero attached hydrogens (tertiary/aromatic N) is 1. The van der Waals surface area contributed by atoms with E-state index in [2.05, 4.69) is 15.7 Å². The normalized spacial score (nSPS) is 9.89. The molecule has 18 heavy (non-hydrogen) atoms. The van der Waals surface area contributed by atoms with E-state index in [9.17, 15) is 4.79 Å². The molecule has 2 aromatic rings. The number of aryl methyl sites for hydroxylation is 1. The molecule has 0 radical (unpaired) electrons. The summed E-state index contributed by atoms with van der Waals surface area (Å²) in [4.78, 5) is 16.1. The molecule has 0 aliphatic heterocycles. The van der Waals surface area contributed by atoms with Gasteiger partial charge in [0.25, 0.3) is 5.91 Å². The number of carbonyl (C=O) groups excluding carboxylic acids is 1. The van der Waals surface area contributed by atoms with Gasteiger partial charge in [-0.3, -0.25) is 10.6 Å². The Labute approximate surface area is 105 Å². The minimum Gasteiger partial charge on any atom is -0.324 e. The van der Waals surface area contributed by atoms with Gasteiger partial charge in [0.15, 0.2) is 0 Å². The summed E-state index contributed by atoms with van der Waals surface area (Å²) < 4.78 is 0. The quantitative estimate of drug-likeness (QED) is 0.567. The fraction of sp³-hybridized carbons (Fsp3) is 0.0769. The number of nitrogens with one attached hydrogen (secondary N) is 2. The average Bonchev–Trinajstić information content (AvgIpc) is 2.41. The molecule has 0 bridgehead atoms. The Kier molecular flexibility index (Phi) is 3.54. The van der Waals surface area contributed by atoms with Crippen molar-refractivity contribution in [2.75, 3.05) is 10.7 Å². The van der Waals surface area contributed by atoms with E-state index in [1.165, 1.54) is 0 Å². The van der Waals surface area contributed by atoms with Crippen LogP contribution in [0.15, 0.2) is 42.6 Å². The Hall–Kier alpha value is -2.40. The van der Waals surface area contributed by atoms with E-state index in [-0.39, 0.29) is 5.91 Å². The highest BCUT2D eigenvalue weighted by molar-refractivity contribution is 6.04. The number of rotatable bonds is 3. The molecular weight excluding hydrogens is 228 g/mol. The van der Waals surface area contributed by atoms with E-state index in [0.717, 1.165) is 11.3 Å². The number of pyridine rings is 1. The minimum absolute atomic E-state index is 0.194. The predicted octanol–water partition coefficient (Wildman–Crippen LogP) is 1.93. The molecule has 2 rings (SSSR count). The first-order valence-electron chi connectivity index (χ1n) is 5.50. The highest BCUT2D eigenvalue weighted by atomic mass is 16.1. The molecule has 1 aromatic carbocycles. The van der Waals surface area contributed by atoms with Gasteiger partial charge in [-0.15, -0.1) is 0 Å². The van der Waals surface area contributed by atoms with Gasteiger partial charge < -0.3 is 10.7 Å². The van der Waals surface area contributed by atoms with E-state index < -0.39 is 0 Å². The van der Waals surface area contributed by atoms with E-state index in [0.29, 0.717) is 11.4 Å². The van der Waals surface area contributed by atoms with Gasteiger partial charge in [-0.25, -0.2) is 4.98 Å². The molecule has 0 spiro atoms. The van der Waals surface area contributed by atoms with Gasteiger partial charge in [0, 0.05) is 17.4 Å². The van der Waals surface area contributed by atoms with Gasteiger partial charge in [-0.05, 0) is 42.8 Å². The Morgan fingerprint density at radius 3 is 2.56 bits per heavy atom. The third kappa shape index (κ3) is 2.64. The molecule has 1 aromatic heterocycles. The Bertz CT molecular complexity index is 551. The summed E-state index contributed by atoms with van der Waals surface area (Å²) in [7, 11) is 0. The SMILES string of the molecule is Cc1cccnc1NC(=O)c1ccc(NN)cc1. The molecule has 0 aliphatic carbocycles. The van der Waals surface area contributed by atoms with E-state index in [4.69, 9.17) is 5.84 Å². The third-order valence-corrected chi connectivity index (χ3v) is 2.56. The summed E-state index contributed by atoms with van der Waals surface area (Å²) >= 11 is 0. The molecule has 5 nitrogen and oxygen atoms in total. The van der Waals surface area contributed by atoms with Crippen LogP contribution < -0.4 is 16.6 Å². The second-order valence-electron chi connectivity index (χ2n) is 3.84. The van der Waals surface area contributed by atoms with Crippen LogP contribution in [0.1, 0.15) is 15.9 Å². The maximum atomic E-state index is 12.0. The van der Waals surface area contributed by atoms with Crippen molar-refractivity contribution in [3.05, 3.63) is 53.7 Å². The molecular formula is C13H14N4O. The van der Waals surface area contributed by atoms with Crippen molar-refractivity contribution in [3.8, 4) is 0 Å². The lowest BCUT2D eigenvalue weighted by Crippen LogP contribution is -2.14. The number of nitrogen functional groups attached to an aromatic ring is 1. The van der Waals surface area contributed by atoms with E-state index >= 15 is 0 Å². The van der Waals surface area contributed by atoms with Crippen molar-refractivity contribution in [3.63, 3.8) is 0 Å². The number of carbonyl (C=O) groups is 1. The zero-order valence-electron chi connectivity index (χ0n) is 9.97. The molecule has 5 heteroatoms. The summed E-state index contributed by atoms with van der Waals surface area (Å²) in [5.74, 6) is 5.64. The van der Waals surface area contributed by atoms with Gasteiger partial charge in [-0.1, -0.05) is 6.07 Å². The lowest BCUT2D eigenvalue weighted by Gasteiger charge is -2.07.